The molecule has 6 nitrogen and oxygen atoms in total. The molecule has 1 N–H and O–H groups in total. The van der Waals surface area contributed by atoms with Crippen molar-refractivity contribution in [1.29, 1.82) is 0 Å². The van der Waals surface area contributed by atoms with E-state index in [1.54, 1.807) is 12.7 Å². The molecule has 2 aliphatic heterocycles. The highest BCUT2D eigenvalue weighted by molar-refractivity contribution is 7.15. The van der Waals surface area contributed by atoms with Crippen molar-refractivity contribution < 1.29 is 0 Å². The van der Waals surface area contributed by atoms with Gasteiger partial charge in [0.05, 0.1) is 0 Å². The third kappa shape index (κ3) is 0.893. The molecule has 0 fully saturated rings. The summed E-state index contributed by atoms with van der Waals surface area (Å²) in [5.74, 6) is 0.848. The highest BCUT2D eigenvalue weighted by Crippen LogP contribution is 2.46. The minimum Gasteiger partial charge on any atom is -0.281 e. The van der Waals surface area contributed by atoms with Crippen LogP contribution in [0.4, 0.5) is 5.95 Å². The third-order valence-electron chi connectivity index (χ3n) is 3.85. The van der Waals surface area contributed by atoms with Gasteiger partial charge in [-0.1, -0.05) is 0 Å². The Kier molecular flexibility index (Phi) is 1.47. The lowest BCUT2D eigenvalue weighted by Gasteiger charge is -2.28. The summed E-state index contributed by atoms with van der Waals surface area (Å²) >= 11 is 1.88. The van der Waals surface area contributed by atoms with E-state index in [2.05, 4.69) is 30.2 Å². The summed E-state index contributed by atoms with van der Waals surface area (Å²) in [5.41, 5.74) is 6.07. The Balaban J connectivity index is 1.86. The van der Waals surface area contributed by atoms with Crippen molar-refractivity contribution in [3.8, 4) is 5.00 Å². The van der Waals surface area contributed by atoms with Gasteiger partial charge in [-0.05, 0) is 24.8 Å². The van der Waals surface area contributed by atoms with Crippen LogP contribution >= 0.6 is 11.3 Å². The molecule has 0 aromatic carbocycles. The van der Waals surface area contributed by atoms with Crippen molar-refractivity contribution in [2.24, 2.45) is 5.10 Å². The maximum Gasteiger partial charge on any atom is 0.239 e. The van der Waals surface area contributed by atoms with Crippen LogP contribution in [0.15, 0.2) is 11.4 Å². The second-order valence-corrected chi connectivity index (χ2v) is 5.84. The summed E-state index contributed by atoms with van der Waals surface area (Å²) in [6.45, 7) is 0. The summed E-state index contributed by atoms with van der Waals surface area (Å²) in [5, 5.41) is 13.7. The molecule has 2 aromatic heterocycles. The highest BCUT2D eigenvalue weighted by atomic mass is 32.1. The minimum absolute atomic E-state index is 0.106. The largest absolute Gasteiger partial charge is 0.281 e. The van der Waals surface area contributed by atoms with Crippen molar-refractivity contribution in [3.63, 3.8) is 0 Å². The molecule has 0 amide bonds. The smallest absolute Gasteiger partial charge is 0.239 e. The number of hydrogen-bond acceptors (Lipinski definition) is 6. The van der Waals surface area contributed by atoms with Gasteiger partial charge < -0.3 is 0 Å². The average Bonchev–Trinajstić information content (AvgIpc) is 3.10. The van der Waals surface area contributed by atoms with Gasteiger partial charge >= 0.3 is 0 Å². The number of fused-ring (bicyclic) bond motifs is 8. The second-order valence-electron chi connectivity index (χ2n) is 4.76. The van der Waals surface area contributed by atoms with Crippen LogP contribution in [-0.2, 0) is 12.8 Å². The lowest BCUT2D eigenvalue weighted by Crippen LogP contribution is -2.34. The molecule has 0 saturated heterocycles. The quantitative estimate of drug-likeness (QED) is 0.771. The molecule has 90 valence electrons. The fourth-order valence-corrected chi connectivity index (χ4v) is 4.48. The van der Waals surface area contributed by atoms with Gasteiger partial charge in [0.25, 0.3) is 0 Å². The van der Waals surface area contributed by atoms with Gasteiger partial charge in [-0.25, -0.2) is 0 Å². The normalized spacial score (nSPS) is 22.4. The van der Waals surface area contributed by atoms with E-state index in [1.165, 1.54) is 40.3 Å². The average molecular weight is 258 g/mol. The Morgan fingerprint density at radius 2 is 2.39 bits per heavy atom. The topological polar surface area (TPSA) is 58.3 Å². The SMILES string of the molecule is C1=NNC2c3c(sc4c3CCC4)-n3cnnc3N12. The summed E-state index contributed by atoms with van der Waals surface area (Å²) in [4.78, 5) is 3.58. The molecule has 1 aliphatic carbocycles. The van der Waals surface area contributed by atoms with Crippen LogP contribution in [-0.4, -0.2) is 21.1 Å². The van der Waals surface area contributed by atoms with Crippen LogP contribution in [0.25, 0.3) is 5.00 Å². The standard InChI is InChI=1S/C11H10N6S/c1-2-6-7(3-1)18-10-8(6)9-14-12-4-16(9)11-15-13-5-17(10)11/h4-5,9,14H,1-3H2. The summed E-state index contributed by atoms with van der Waals surface area (Å²) in [6.07, 6.45) is 7.37. The molecule has 1 unspecified atom stereocenters. The molecule has 0 bridgehead atoms. The summed E-state index contributed by atoms with van der Waals surface area (Å²) in [6, 6.07) is 0. The number of nitrogens with one attached hydrogen (secondary N) is 1. The van der Waals surface area contributed by atoms with Crippen molar-refractivity contribution in [3.05, 3.63) is 22.3 Å². The first-order valence-electron chi connectivity index (χ1n) is 6.05. The fraction of sp³-hybridized carbons (Fsp3) is 0.364. The number of rotatable bonds is 0. The lowest BCUT2D eigenvalue weighted by atomic mass is 10.1. The van der Waals surface area contributed by atoms with Gasteiger partial charge in [-0.15, -0.1) is 21.5 Å². The fourth-order valence-electron chi connectivity index (χ4n) is 3.09. The Labute approximate surface area is 107 Å². The van der Waals surface area contributed by atoms with Crippen molar-refractivity contribution >= 4 is 23.6 Å². The summed E-state index contributed by atoms with van der Waals surface area (Å²) in [7, 11) is 0. The van der Waals surface area contributed by atoms with Crippen LogP contribution in [0.5, 0.6) is 0 Å². The number of thiophene rings is 1. The Morgan fingerprint density at radius 3 is 3.39 bits per heavy atom. The van der Waals surface area contributed by atoms with E-state index in [0.29, 0.717) is 0 Å². The number of aromatic nitrogens is 3. The van der Waals surface area contributed by atoms with E-state index >= 15 is 0 Å². The molecule has 0 saturated carbocycles. The van der Waals surface area contributed by atoms with Gasteiger partial charge in [0.2, 0.25) is 5.95 Å². The molecule has 2 aromatic rings. The van der Waals surface area contributed by atoms with Gasteiger partial charge in [-0.3, -0.25) is 14.9 Å². The van der Waals surface area contributed by atoms with E-state index < -0.39 is 0 Å². The number of hydrogen-bond donors (Lipinski definition) is 1. The Hall–Kier alpha value is -1.89. The molecular formula is C11H10N6S. The highest BCUT2D eigenvalue weighted by Gasteiger charge is 2.39. The van der Waals surface area contributed by atoms with Crippen molar-refractivity contribution in [2.75, 3.05) is 4.90 Å². The minimum atomic E-state index is 0.106. The second kappa shape index (κ2) is 2.92. The Bertz CT molecular complexity index is 684. The van der Waals surface area contributed by atoms with E-state index in [1.807, 2.05) is 11.3 Å². The number of hydrazone groups is 1. The first-order chi connectivity index (χ1) is 8.93. The molecule has 18 heavy (non-hydrogen) atoms. The first-order valence-corrected chi connectivity index (χ1v) is 6.87. The zero-order valence-electron chi connectivity index (χ0n) is 9.50. The molecule has 0 spiro atoms. The first kappa shape index (κ1) is 9.09. The molecule has 7 heteroatoms. The molecule has 4 heterocycles. The van der Waals surface area contributed by atoms with E-state index in [-0.39, 0.29) is 6.17 Å². The Morgan fingerprint density at radius 1 is 1.39 bits per heavy atom. The molecule has 0 radical (unpaired) electrons. The molecule has 1 atom stereocenters. The van der Waals surface area contributed by atoms with Crippen LogP contribution < -0.4 is 10.3 Å². The van der Waals surface area contributed by atoms with Crippen LogP contribution in [0.3, 0.4) is 0 Å². The van der Waals surface area contributed by atoms with Gasteiger partial charge in [-0.2, -0.15) is 5.10 Å². The zero-order chi connectivity index (χ0) is 11.7. The maximum atomic E-state index is 4.20. The van der Waals surface area contributed by atoms with Gasteiger partial charge in [0.15, 0.2) is 6.17 Å². The predicted molar refractivity (Wildman–Crippen MR) is 68.1 cm³/mol. The van der Waals surface area contributed by atoms with E-state index in [4.69, 9.17) is 0 Å². The number of nitrogens with zero attached hydrogens (tertiary/aromatic N) is 5. The van der Waals surface area contributed by atoms with Crippen LogP contribution in [0.1, 0.15) is 28.6 Å². The van der Waals surface area contributed by atoms with Gasteiger partial charge in [0.1, 0.15) is 17.7 Å². The van der Waals surface area contributed by atoms with E-state index in [0.717, 1.165) is 5.95 Å². The van der Waals surface area contributed by atoms with Gasteiger partial charge in [0, 0.05) is 10.4 Å². The third-order valence-corrected chi connectivity index (χ3v) is 5.16. The molecule has 3 aliphatic rings. The molecular weight excluding hydrogens is 248 g/mol. The van der Waals surface area contributed by atoms with Crippen LogP contribution in [0, 0.1) is 0 Å². The monoisotopic (exact) mass is 258 g/mol. The zero-order valence-corrected chi connectivity index (χ0v) is 10.3. The maximum absolute atomic E-state index is 4.20. The summed E-state index contributed by atoms with van der Waals surface area (Å²) < 4.78 is 2.08. The number of aryl methyl sites for hydroxylation is 1. The number of anilines is 1. The van der Waals surface area contributed by atoms with E-state index in [9.17, 15) is 0 Å². The van der Waals surface area contributed by atoms with Crippen molar-refractivity contribution in [1.82, 2.24) is 20.2 Å². The predicted octanol–water partition coefficient (Wildman–Crippen LogP) is 1.18. The lowest BCUT2D eigenvalue weighted by molar-refractivity contribution is 0.588. The van der Waals surface area contributed by atoms with Crippen molar-refractivity contribution in [2.45, 2.75) is 25.4 Å². The molecule has 5 rings (SSSR count). The van der Waals surface area contributed by atoms with Crippen LogP contribution in [0.2, 0.25) is 0 Å².